The van der Waals surface area contributed by atoms with Crippen LogP contribution in [0, 0.1) is 0 Å². The molecule has 1 aliphatic heterocycles. The van der Waals surface area contributed by atoms with Gasteiger partial charge in [0, 0.05) is 57.4 Å². The maximum Gasteiger partial charge on any atom is 0.223 e. The van der Waals surface area contributed by atoms with Gasteiger partial charge in [0.05, 0.1) is 6.04 Å². The monoisotopic (exact) mass is 316 g/mol. The average molecular weight is 316 g/mol. The smallest absolute Gasteiger partial charge is 0.223 e. The van der Waals surface area contributed by atoms with Gasteiger partial charge in [0.1, 0.15) is 5.82 Å². The number of aryl methyl sites for hydroxylation is 2. The van der Waals surface area contributed by atoms with Crippen LogP contribution in [0.3, 0.4) is 0 Å². The van der Waals surface area contributed by atoms with E-state index in [4.69, 9.17) is 0 Å². The number of imidazole rings is 1. The van der Waals surface area contributed by atoms with Crippen molar-refractivity contribution in [1.29, 1.82) is 0 Å². The largest absolute Gasteiger partial charge is 0.347 e. The number of aromatic nitrogens is 4. The molecule has 1 unspecified atom stereocenters. The van der Waals surface area contributed by atoms with Gasteiger partial charge in [-0.3, -0.25) is 14.4 Å². The van der Waals surface area contributed by atoms with Gasteiger partial charge in [0.15, 0.2) is 0 Å². The van der Waals surface area contributed by atoms with Gasteiger partial charge in [-0.2, -0.15) is 5.10 Å². The van der Waals surface area contributed by atoms with E-state index in [9.17, 15) is 4.79 Å². The Kier molecular flexibility index (Phi) is 4.76. The molecule has 1 saturated heterocycles. The lowest BCUT2D eigenvalue weighted by Gasteiger charge is -2.40. The third kappa shape index (κ3) is 3.44. The van der Waals surface area contributed by atoms with E-state index in [0.717, 1.165) is 37.6 Å². The SMILES string of the molecule is CCN1CCN(C(=O)CCc2ccnn2C)CC1c1ncc[nH]1. The van der Waals surface area contributed by atoms with E-state index in [1.165, 1.54) is 0 Å². The summed E-state index contributed by atoms with van der Waals surface area (Å²) in [6.45, 7) is 5.48. The van der Waals surface area contributed by atoms with Crippen LogP contribution in [0.1, 0.15) is 30.9 Å². The number of nitrogens with zero attached hydrogens (tertiary/aromatic N) is 5. The Bertz CT molecular complexity index is 635. The van der Waals surface area contributed by atoms with Gasteiger partial charge in [-0.1, -0.05) is 6.92 Å². The molecule has 0 aromatic carbocycles. The maximum atomic E-state index is 12.6. The molecule has 2 aromatic rings. The zero-order valence-corrected chi connectivity index (χ0v) is 13.8. The topological polar surface area (TPSA) is 70.0 Å². The predicted octanol–water partition coefficient (Wildman–Crippen LogP) is 0.981. The predicted molar refractivity (Wildman–Crippen MR) is 86.7 cm³/mol. The minimum atomic E-state index is 0.157. The molecule has 0 saturated carbocycles. The third-order valence-corrected chi connectivity index (χ3v) is 4.60. The zero-order valence-electron chi connectivity index (χ0n) is 13.8. The van der Waals surface area contributed by atoms with Crippen molar-refractivity contribution in [3.63, 3.8) is 0 Å². The van der Waals surface area contributed by atoms with Gasteiger partial charge in [-0.25, -0.2) is 4.98 Å². The summed E-state index contributed by atoms with van der Waals surface area (Å²) in [4.78, 5) is 24.5. The fourth-order valence-electron chi connectivity index (χ4n) is 3.18. The molecule has 0 spiro atoms. The van der Waals surface area contributed by atoms with Crippen molar-refractivity contribution < 1.29 is 4.79 Å². The van der Waals surface area contributed by atoms with Crippen molar-refractivity contribution in [2.75, 3.05) is 26.2 Å². The molecule has 7 heteroatoms. The number of likely N-dealkylation sites (N-methyl/N-ethyl adjacent to an activating group) is 1. The second-order valence-corrected chi connectivity index (χ2v) is 5.90. The van der Waals surface area contributed by atoms with Crippen LogP contribution in [0.5, 0.6) is 0 Å². The van der Waals surface area contributed by atoms with Gasteiger partial charge in [-0.15, -0.1) is 0 Å². The van der Waals surface area contributed by atoms with E-state index in [0.29, 0.717) is 13.0 Å². The fraction of sp³-hybridized carbons (Fsp3) is 0.562. The molecule has 2 aromatic heterocycles. The van der Waals surface area contributed by atoms with Crippen LogP contribution in [0.15, 0.2) is 24.7 Å². The molecule has 0 bridgehead atoms. The lowest BCUT2D eigenvalue weighted by Crippen LogP contribution is -2.50. The van der Waals surface area contributed by atoms with E-state index in [1.807, 2.05) is 28.9 Å². The molecule has 1 atom stereocenters. The highest BCUT2D eigenvalue weighted by molar-refractivity contribution is 5.76. The number of rotatable bonds is 5. The Morgan fingerprint density at radius 1 is 1.39 bits per heavy atom. The van der Waals surface area contributed by atoms with Gasteiger partial charge in [0.2, 0.25) is 5.91 Å². The van der Waals surface area contributed by atoms with Crippen molar-refractivity contribution in [1.82, 2.24) is 29.5 Å². The molecule has 124 valence electrons. The first kappa shape index (κ1) is 15.7. The van der Waals surface area contributed by atoms with Crippen LogP contribution < -0.4 is 0 Å². The number of amides is 1. The summed E-state index contributed by atoms with van der Waals surface area (Å²) < 4.78 is 1.83. The number of carbonyl (C=O) groups excluding carboxylic acids is 1. The van der Waals surface area contributed by atoms with Crippen molar-refractivity contribution >= 4 is 5.91 Å². The van der Waals surface area contributed by atoms with Crippen molar-refractivity contribution in [3.05, 3.63) is 36.2 Å². The van der Waals surface area contributed by atoms with Crippen LogP contribution >= 0.6 is 0 Å². The molecule has 23 heavy (non-hydrogen) atoms. The summed E-state index contributed by atoms with van der Waals surface area (Å²) in [5.74, 6) is 1.15. The Labute approximate surface area is 136 Å². The molecule has 3 rings (SSSR count). The van der Waals surface area contributed by atoms with Crippen LogP contribution in [0.25, 0.3) is 0 Å². The van der Waals surface area contributed by atoms with Gasteiger partial charge in [-0.05, 0) is 19.0 Å². The van der Waals surface area contributed by atoms with Crippen LogP contribution in [0.2, 0.25) is 0 Å². The molecule has 1 fully saturated rings. The Hall–Kier alpha value is -2.15. The molecule has 1 N–H and O–H groups in total. The van der Waals surface area contributed by atoms with Gasteiger partial charge >= 0.3 is 0 Å². The lowest BCUT2D eigenvalue weighted by molar-refractivity contribution is -0.134. The number of hydrogen-bond acceptors (Lipinski definition) is 4. The van der Waals surface area contributed by atoms with E-state index in [-0.39, 0.29) is 11.9 Å². The highest BCUT2D eigenvalue weighted by Crippen LogP contribution is 2.23. The second-order valence-electron chi connectivity index (χ2n) is 5.90. The summed E-state index contributed by atoms with van der Waals surface area (Å²) in [6, 6.07) is 2.12. The molecule has 7 nitrogen and oxygen atoms in total. The van der Waals surface area contributed by atoms with E-state index in [1.54, 1.807) is 12.4 Å². The molecule has 3 heterocycles. The van der Waals surface area contributed by atoms with Crippen molar-refractivity contribution in [2.45, 2.75) is 25.8 Å². The fourth-order valence-corrected chi connectivity index (χ4v) is 3.18. The quantitative estimate of drug-likeness (QED) is 0.893. The van der Waals surface area contributed by atoms with E-state index >= 15 is 0 Å². The van der Waals surface area contributed by atoms with Crippen LogP contribution in [-0.4, -0.2) is 61.6 Å². The molecular formula is C16H24N6O. The van der Waals surface area contributed by atoms with E-state index in [2.05, 4.69) is 26.9 Å². The highest BCUT2D eigenvalue weighted by atomic mass is 16.2. The van der Waals surface area contributed by atoms with Crippen LogP contribution in [0.4, 0.5) is 0 Å². The van der Waals surface area contributed by atoms with Crippen molar-refractivity contribution in [2.24, 2.45) is 7.05 Å². The molecular weight excluding hydrogens is 292 g/mol. The number of aromatic amines is 1. The summed E-state index contributed by atoms with van der Waals surface area (Å²) in [7, 11) is 1.91. The van der Waals surface area contributed by atoms with Crippen LogP contribution in [-0.2, 0) is 18.3 Å². The number of hydrogen-bond donors (Lipinski definition) is 1. The Balaban J connectivity index is 1.61. The minimum Gasteiger partial charge on any atom is -0.347 e. The zero-order chi connectivity index (χ0) is 16.2. The average Bonchev–Trinajstić information content (AvgIpc) is 3.23. The molecule has 0 aliphatic carbocycles. The number of carbonyl (C=O) groups is 1. The van der Waals surface area contributed by atoms with Gasteiger partial charge < -0.3 is 9.88 Å². The summed E-state index contributed by atoms with van der Waals surface area (Å²) >= 11 is 0. The number of piperazine rings is 1. The first-order valence-electron chi connectivity index (χ1n) is 8.17. The first-order chi connectivity index (χ1) is 11.2. The highest BCUT2D eigenvalue weighted by Gasteiger charge is 2.30. The Morgan fingerprint density at radius 2 is 2.26 bits per heavy atom. The summed E-state index contributed by atoms with van der Waals surface area (Å²) in [5.41, 5.74) is 1.09. The van der Waals surface area contributed by atoms with E-state index < -0.39 is 0 Å². The Morgan fingerprint density at radius 3 is 2.91 bits per heavy atom. The second kappa shape index (κ2) is 6.95. The summed E-state index contributed by atoms with van der Waals surface area (Å²) in [6.07, 6.45) is 6.64. The standard InChI is InChI=1S/C16H24N6O/c1-3-21-10-11-22(12-14(21)16-17-8-9-18-16)15(23)5-4-13-6-7-19-20(13)2/h6-9,14H,3-5,10-12H2,1-2H3,(H,17,18). The number of nitrogens with one attached hydrogen (secondary N) is 1. The summed E-state index contributed by atoms with van der Waals surface area (Å²) in [5, 5.41) is 4.15. The lowest BCUT2D eigenvalue weighted by atomic mass is 10.1. The normalized spacial score (nSPS) is 19.2. The molecule has 1 amide bonds. The number of H-pyrrole nitrogens is 1. The molecule has 0 radical (unpaired) electrons. The molecule has 1 aliphatic rings. The van der Waals surface area contributed by atoms with Crippen molar-refractivity contribution in [3.8, 4) is 0 Å². The third-order valence-electron chi connectivity index (χ3n) is 4.60. The van der Waals surface area contributed by atoms with Gasteiger partial charge in [0.25, 0.3) is 0 Å². The first-order valence-corrected chi connectivity index (χ1v) is 8.17. The minimum absolute atomic E-state index is 0.157. The maximum absolute atomic E-state index is 12.6.